The van der Waals surface area contributed by atoms with Gasteiger partial charge in [-0.25, -0.2) is 4.39 Å². The molecule has 0 aliphatic rings. The first-order valence-corrected chi connectivity index (χ1v) is 3.87. The number of aryl methyl sites for hydroxylation is 1. The Morgan fingerprint density at radius 3 is 2.67 bits per heavy atom. The highest BCUT2D eigenvalue weighted by Crippen LogP contribution is 2.13. The lowest BCUT2D eigenvalue weighted by atomic mass is 10.1. The molecule has 3 heteroatoms. The molecule has 0 saturated heterocycles. The average molecular weight is 168 g/mol. The van der Waals surface area contributed by atoms with Gasteiger partial charge in [0.15, 0.2) is 0 Å². The third-order valence-corrected chi connectivity index (χ3v) is 1.86. The lowest BCUT2D eigenvalue weighted by Gasteiger charge is -2.09. The van der Waals surface area contributed by atoms with E-state index in [2.05, 4.69) is 0 Å². The molecule has 1 unspecified atom stereocenters. The van der Waals surface area contributed by atoms with Crippen LogP contribution in [0.4, 0.5) is 4.39 Å². The highest BCUT2D eigenvalue weighted by Gasteiger charge is 2.04. The molecule has 1 atom stereocenters. The molecule has 0 fully saturated rings. The van der Waals surface area contributed by atoms with E-state index in [9.17, 15) is 4.39 Å². The predicted octanol–water partition coefficient (Wildman–Crippen LogP) is 1.09. The molecule has 0 saturated carbocycles. The van der Waals surface area contributed by atoms with Gasteiger partial charge in [0.05, 0.1) is 0 Å². The topological polar surface area (TPSA) is 52.0 Å². The third-order valence-electron chi connectivity index (χ3n) is 1.86. The second kappa shape index (κ2) is 3.65. The summed E-state index contributed by atoms with van der Waals surface area (Å²) in [6, 6.07) is 4.62. The van der Waals surface area contributed by atoms with Crippen LogP contribution in [-0.4, -0.2) is 6.54 Å². The van der Waals surface area contributed by atoms with Crippen molar-refractivity contribution in [1.82, 2.24) is 0 Å². The Labute approximate surface area is 71.4 Å². The number of benzene rings is 1. The first-order chi connectivity index (χ1) is 5.65. The molecule has 0 bridgehead atoms. The van der Waals surface area contributed by atoms with Crippen molar-refractivity contribution in [3.63, 3.8) is 0 Å². The molecule has 0 spiro atoms. The molecule has 4 N–H and O–H groups in total. The Morgan fingerprint density at radius 2 is 2.17 bits per heavy atom. The van der Waals surface area contributed by atoms with E-state index in [0.29, 0.717) is 12.1 Å². The fourth-order valence-corrected chi connectivity index (χ4v) is 1.03. The molecular weight excluding hydrogens is 155 g/mol. The number of halogens is 1. The van der Waals surface area contributed by atoms with Crippen molar-refractivity contribution in [2.75, 3.05) is 6.54 Å². The van der Waals surface area contributed by atoms with Gasteiger partial charge in [-0.1, -0.05) is 12.1 Å². The van der Waals surface area contributed by atoms with Crippen LogP contribution in [0.25, 0.3) is 0 Å². The summed E-state index contributed by atoms with van der Waals surface area (Å²) in [6.07, 6.45) is 0. The summed E-state index contributed by atoms with van der Waals surface area (Å²) in [7, 11) is 0. The number of hydrogen-bond acceptors (Lipinski definition) is 2. The fraction of sp³-hybridized carbons (Fsp3) is 0.333. The van der Waals surface area contributed by atoms with Gasteiger partial charge < -0.3 is 11.5 Å². The summed E-state index contributed by atoms with van der Waals surface area (Å²) >= 11 is 0. The summed E-state index contributed by atoms with van der Waals surface area (Å²) in [5, 5.41) is 0. The molecule has 0 aliphatic carbocycles. The quantitative estimate of drug-likeness (QED) is 0.694. The van der Waals surface area contributed by atoms with Crippen molar-refractivity contribution < 1.29 is 4.39 Å². The molecule has 66 valence electrons. The van der Waals surface area contributed by atoms with Crippen LogP contribution in [0.1, 0.15) is 17.2 Å². The fourth-order valence-electron chi connectivity index (χ4n) is 1.03. The van der Waals surface area contributed by atoms with Crippen LogP contribution in [-0.2, 0) is 0 Å². The van der Waals surface area contributed by atoms with Gasteiger partial charge in [-0.15, -0.1) is 0 Å². The highest BCUT2D eigenvalue weighted by molar-refractivity contribution is 5.26. The first kappa shape index (κ1) is 9.16. The van der Waals surface area contributed by atoms with Crippen LogP contribution in [0.3, 0.4) is 0 Å². The highest BCUT2D eigenvalue weighted by atomic mass is 19.1. The molecule has 1 aromatic carbocycles. The monoisotopic (exact) mass is 168 g/mol. The Morgan fingerprint density at radius 1 is 1.50 bits per heavy atom. The van der Waals surface area contributed by atoms with Gasteiger partial charge in [0.1, 0.15) is 5.82 Å². The molecule has 1 aromatic rings. The van der Waals surface area contributed by atoms with Gasteiger partial charge >= 0.3 is 0 Å². The van der Waals surface area contributed by atoms with Gasteiger partial charge in [0.25, 0.3) is 0 Å². The van der Waals surface area contributed by atoms with E-state index in [0.717, 1.165) is 5.56 Å². The molecular formula is C9H13FN2. The summed E-state index contributed by atoms with van der Waals surface area (Å²) in [6.45, 7) is 2.09. The van der Waals surface area contributed by atoms with Crippen LogP contribution < -0.4 is 11.5 Å². The Balaban J connectivity index is 2.96. The second-order valence-electron chi connectivity index (χ2n) is 2.85. The zero-order valence-electron chi connectivity index (χ0n) is 7.05. The average Bonchev–Trinajstić information content (AvgIpc) is 2.08. The molecule has 2 nitrogen and oxygen atoms in total. The van der Waals surface area contributed by atoms with Gasteiger partial charge in [0.2, 0.25) is 0 Å². The Kier molecular flexibility index (Phi) is 2.78. The Bertz CT molecular complexity index is 273. The maximum absolute atomic E-state index is 12.8. The van der Waals surface area contributed by atoms with Crippen molar-refractivity contribution in [2.24, 2.45) is 11.5 Å². The minimum absolute atomic E-state index is 0.190. The van der Waals surface area contributed by atoms with Gasteiger partial charge in [-0.05, 0) is 24.1 Å². The van der Waals surface area contributed by atoms with E-state index < -0.39 is 0 Å². The Hall–Kier alpha value is -0.930. The summed E-state index contributed by atoms with van der Waals surface area (Å²) < 4.78 is 12.8. The van der Waals surface area contributed by atoms with Crippen molar-refractivity contribution in [1.29, 1.82) is 0 Å². The van der Waals surface area contributed by atoms with Crippen molar-refractivity contribution >= 4 is 0 Å². The molecule has 1 rings (SSSR count). The lowest BCUT2D eigenvalue weighted by Crippen LogP contribution is -2.20. The standard InChI is InChI=1S/C9H13FN2/c1-6-4-7(9(12)5-11)2-3-8(6)10/h2-4,9H,5,11-12H2,1H3. The number of rotatable bonds is 2. The normalized spacial score (nSPS) is 13.0. The van der Waals surface area contributed by atoms with E-state index in [1.165, 1.54) is 6.07 Å². The molecule has 0 aromatic heterocycles. The van der Waals surface area contributed by atoms with E-state index in [4.69, 9.17) is 11.5 Å². The van der Waals surface area contributed by atoms with Gasteiger partial charge in [0, 0.05) is 12.6 Å². The van der Waals surface area contributed by atoms with Crippen LogP contribution in [0, 0.1) is 12.7 Å². The summed E-state index contributed by atoms with van der Waals surface area (Å²) in [5.41, 5.74) is 12.5. The van der Waals surface area contributed by atoms with Gasteiger partial charge in [-0.2, -0.15) is 0 Å². The SMILES string of the molecule is Cc1cc(C(N)CN)ccc1F. The molecule has 12 heavy (non-hydrogen) atoms. The first-order valence-electron chi connectivity index (χ1n) is 3.87. The van der Waals surface area contributed by atoms with Crippen molar-refractivity contribution in [2.45, 2.75) is 13.0 Å². The largest absolute Gasteiger partial charge is 0.329 e. The molecule has 0 aliphatic heterocycles. The van der Waals surface area contributed by atoms with Crippen LogP contribution >= 0.6 is 0 Å². The van der Waals surface area contributed by atoms with Crippen LogP contribution in [0.15, 0.2) is 18.2 Å². The smallest absolute Gasteiger partial charge is 0.126 e. The van der Waals surface area contributed by atoms with E-state index in [1.807, 2.05) is 0 Å². The molecule has 0 heterocycles. The molecule has 0 radical (unpaired) electrons. The second-order valence-corrected chi connectivity index (χ2v) is 2.85. The van der Waals surface area contributed by atoms with Crippen molar-refractivity contribution in [3.05, 3.63) is 35.1 Å². The maximum Gasteiger partial charge on any atom is 0.126 e. The van der Waals surface area contributed by atoms with Gasteiger partial charge in [-0.3, -0.25) is 0 Å². The lowest BCUT2D eigenvalue weighted by molar-refractivity contribution is 0.615. The van der Waals surface area contributed by atoms with Crippen molar-refractivity contribution in [3.8, 4) is 0 Å². The minimum Gasteiger partial charge on any atom is -0.329 e. The number of nitrogens with two attached hydrogens (primary N) is 2. The van der Waals surface area contributed by atoms with E-state index >= 15 is 0 Å². The predicted molar refractivity (Wildman–Crippen MR) is 47.1 cm³/mol. The summed E-state index contributed by atoms with van der Waals surface area (Å²) in [5.74, 6) is -0.206. The van der Waals surface area contributed by atoms with Crippen LogP contribution in [0.2, 0.25) is 0 Å². The zero-order valence-corrected chi connectivity index (χ0v) is 7.05. The number of hydrogen-bond donors (Lipinski definition) is 2. The van der Waals surface area contributed by atoms with E-state index in [-0.39, 0.29) is 11.9 Å². The zero-order chi connectivity index (χ0) is 9.14. The third kappa shape index (κ3) is 1.81. The molecule has 0 amide bonds. The summed E-state index contributed by atoms with van der Waals surface area (Å²) in [4.78, 5) is 0. The maximum atomic E-state index is 12.8. The minimum atomic E-state index is -0.206. The van der Waals surface area contributed by atoms with E-state index in [1.54, 1.807) is 19.1 Å². The van der Waals surface area contributed by atoms with Crippen LogP contribution in [0.5, 0.6) is 0 Å².